The molecule has 0 bridgehead atoms. The zero-order valence-electron chi connectivity index (χ0n) is 12.4. The number of rotatable bonds is 2. The SMILES string of the molecule is CC1CC(C)C(C)N(c2ccc(F)cc2C(C)N)C1. The van der Waals surface area contributed by atoms with E-state index in [0.717, 1.165) is 17.8 Å². The van der Waals surface area contributed by atoms with Crippen molar-refractivity contribution in [3.05, 3.63) is 29.6 Å². The van der Waals surface area contributed by atoms with Crippen molar-refractivity contribution in [2.24, 2.45) is 17.6 Å². The van der Waals surface area contributed by atoms with E-state index >= 15 is 0 Å². The first-order valence-electron chi connectivity index (χ1n) is 7.21. The van der Waals surface area contributed by atoms with Gasteiger partial charge in [0.1, 0.15) is 5.82 Å². The molecule has 1 heterocycles. The van der Waals surface area contributed by atoms with Crippen LogP contribution >= 0.6 is 0 Å². The van der Waals surface area contributed by atoms with Crippen LogP contribution in [0.3, 0.4) is 0 Å². The van der Waals surface area contributed by atoms with Gasteiger partial charge in [0, 0.05) is 24.3 Å². The van der Waals surface area contributed by atoms with Crippen molar-refractivity contribution in [3.8, 4) is 0 Å². The summed E-state index contributed by atoms with van der Waals surface area (Å²) in [5.41, 5.74) is 8.02. The van der Waals surface area contributed by atoms with Crippen LogP contribution in [0.5, 0.6) is 0 Å². The lowest BCUT2D eigenvalue weighted by molar-refractivity contribution is 0.296. The van der Waals surface area contributed by atoms with Gasteiger partial charge in [-0.2, -0.15) is 0 Å². The zero-order chi connectivity index (χ0) is 14.2. The molecule has 2 N–H and O–H groups in total. The Hall–Kier alpha value is -1.09. The molecule has 4 atom stereocenters. The van der Waals surface area contributed by atoms with Crippen LogP contribution in [0.25, 0.3) is 0 Å². The topological polar surface area (TPSA) is 29.3 Å². The van der Waals surface area contributed by atoms with Gasteiger partial charge >= 0.3 is 0 Å². The van der Waals surface area contributed by atoms with E-state index < -0.39 is 0 Å². The summed E-state index contributed by atoms with van der Waals surface area (Å²) in [6.07, 6.45) is 1.26. The molecular formula is C16H25FN2. The van der Waals surface area contributed by atoms with Gasteiger partial charge in [-0.1, -0.05) is 13.8 Å². The van der Waals surface area contributed by atoms with Gasteiger partial charge in [-0.15, -0.1) is 0 Å². The van der Waals surface area contributed by atoms with Crippen molar-refractivity contribution in [3.63, 3.8) is 0 Å². The number of benzene rings is 1. The zero-order valence-corrected chi connectivity index (χ0v) is 12.4. The minimum Gasteiger partial charge on any atom is -0.368 e. The summed E-state index contributed by atoms with van der Waals surface area (Å²) in [6, 6.07) is 5.33. The van der Waals surface area contributed by atoms with E-state index in [9.17, 15) is 4.39 Å². The van der Waals surface area contributed by atoms with Crippen LogP contribution in [0.1, 0.15) is 45.7 Å². The summed E-state index contributed by atoms with van der Waals surface area (Å²) in [6.45, 7) is 9.77. The van der Waals surface area contributed by atoms with Gasteiger partial charge in [0.25, 0.3) is 0 Å². The Labute approximate surface area is 115 Å². The van der Waals surface area contributed by atoms with Gasteiger partial charge in [-0.05, 0) is 55.9 Å². The smallest absolute Gasteiger partial charge is 0.123 e. The first-order valence-corrected chi connectivity index (χ1v) is 7.21. The van der Waals surface area contributed by atoms with Crippen molar-refractivity contribution >= 4 is 5.69 Å². The van der Waals surface area contributed by atoms with E-state index in [2.05, 4.69) is 25.7 Å². The monoisotopic (exact) mass is 264 g/mol. The largest absolute Gasteiger partial charge is 0.368 e. The Bertz CT molecular complexity index is 444. The number of hydrogen-bond acceptors (Lipinski definition) is 2. The van der Waals surface area contributed by atoms with E-state index in [1.807, 2.05) is 13.0 Å². The molecule has 4 unspecified atom stereocenters. The standard InChI is InChI=1S/C16H25FN2/c1-10-7-11(2)13(4)19(9-10)16-6-5-14(17)8-15(16)12(3)18/h5-6,8,10-13H,7,9,18H2,1-4H3. The highest BCUT2D eigenvalue weighted by Gasteiger charge is 2.30. The molecular weight excluding hydrogens is 239 g/mol. The summed E-state index contributed by atoms with van der Waals surface area (Å²) >= 11 is 0. The predicted octanol–water partition coefficient (Wildman–Crippen LogP) is 3.72. The molecule has 1 fully saturated rings. The average molecular weight is 264 g/mol. The third-order valence-corrected chi connectivity index (χ3v) is 4.39. The molecule has 0 amide bonds. The average Bonchev–Trinajstić information content (AvgIpc) is 2.34. The molecule has 0 aliphatic carbocycles. The lowest BCUT2D eigenvalue weighted by Crippen LogP contribution is -2.46. The number of anilines is 1. The molecule has 106 valence electrons. The fourth-order valence-electron chi connectivity index (χ4n) is 3.18. The van der Waals surface area contributed by atoms with Gasteiger partial charge in [-0.25, -0.2) is 4.39 Å². The number of nitrogens with two attached hydrogens (primary N) is 1. The highest BCUT2D eigenvalue weighted by Crippen LogP contribution is 2.35. The quantitative estimate of drug-likeness (QED) is 0.882. The van der Waals surface area contributed by atoms with Gasteiger partial charge in [0.05, 0.1) is 0 Å². The second kappa shape index (κ2) is 5.49. The maximum atomic E-state index is 13.5. The minimum atomic E-state index is -0.207. The van der Waals surface area contributed by atoms with Crippen molar-refractivity contribution in [2.45, 2.75) is 46.2 Å². The van der Waals surface area contributed by atoms with Crippen LogP contribution in [0, 0.1) is 17.7 Å². The lowest BCUT2D eigenvalue weighted by Gasteiger charge is -2.43. The normalized spacial score (nSPS) is 29.4. The first-order chi connectivity index (χ1) is 8.90. The lowest BCUT2D eigenvalue weighted by atomic mass is 9.85. The van der Waals surface area contributed by atoms with Crippen molar-refractivity contribution in [2.75, 3.05) is 11.4 Å². The van der Waals surface area contributed by atoms with Crippen molar-refractivity contribution in [1.82, 2.24) is 0 Å². The highest BCUT2D eigenvalue weighted by molar-refractivity contribution is 5.56. The van der Waals surface area contributed by atoms with Gasteiger partial charge in [0.2, 0.25) is 0 Å². The molecule has 1 aromatic rings. The molecule has 1 aliphatic rings. The molecule has 1 aliphatic heterocycles. The van der Waals surface area contributed by atoms with E-state index in [0.29, 0.717) is 17.9 Å². The van der Waals surface area contributed by atoms with Gasteiger partial charge in [-0.3, -0.25) is 0 Å². The highest BCUT2D eigenvalue weighted by atomic mass is 19.1. The number of halogens is 1. The Balaban J connectivity index is 2.39. The number of piperidine rings is 1. The predicted molar refractivity (Wildman–Crippen MR) is 78.8 cm³/mol. The summed E-state index contributed by atoms with van der Waals surface area (Å²) in [5, 5.41) is 0. The van der Waals surface area contributed by atoms with Crippen LogP contribution < -0.4 is 10.6 Å². The summed E-state index contributed by atoms with van der Waals surface area (Å²) in [7, 11) is 0. The van der Waals surface area contributed by atoms with Crippen LogP contribution in [-0.2, 0) is 0 Å². The first kappa shape index (κ1) is 14.3. The Morgan fingerprint density at radius 1 is 1.32 bits per heavy atom. The maximum absolute atomic E-state index is 13.5. The van der Waals surface area contributed by atoms with E-state index in [-0.39, 0.29) is 11.9 Å². The summed E-state index contributed by atoms with van der Waals surface area (Å²) in [5.74, 6) is 1.11. The maximum Gasteiger partial charge on any atom is 0.123 e. The second-order valence-electron chi connectivity index (χ2n) is 6.20. The summed E-state index contributed by atoms with van der Waals surface area (Å²) in [4.78, 5) is 2.40. The Morgan fingerprint density at radius 2 is 2.00 bits per heavy atom. The fraction of sp³-hybridized carbons (Fsp3) is 0.625. The third kappa shape index (κ3) is 2.92. The summed E-state index contributed by atoms with van der Waals surface area (Å²) < 4.78 is 13.5. The van der Waals surface area contributed by atoms with Crippen LogP contribution in [0.4, 0.5) is 10.1 Å². The molecule has 0 radical (unpaired) electrons. The number of hydrogen-bond donors (Lipinski definition) is 1. The molecule has 19 heavy (non-hydrogen) atoms. The molecule has 0 aromatic heterocycles. The molecule has 0 saturated carbocycles. The molecule has 1 aromatic carbocycles. The molecule has 2 nitrogen and oxygen atoms in total. The molecule has 1 saturated heterocycles. The van der Waals surface area contributed by atoms with E-state index in [4.69, 9.17) is 5.73 Å². The van der Waals surface area contributed by atoms with E-state index in [1.165, 1.54) is 12.5 Å². The van der Waals surface area contributed by atoms with E-state index in [1.54, 1.807) is 6.07 Å². The van der Waals surface area contributed by atoms with Crippen LogP contribution in [0.15, 0.2) is 18.2 Å². The van der Waals surface area contributed by atoms with Crippen molar-refractivity contribution < 1.29 is 4.39 Å². The Morgan fingerprint density at radius 3 is 2.63 bits per heavy atom. The van der Waals surface area contributed by atoms with Crippen molar-refractivity contribution in [1.29, 1.82) is 0 Å². The van der Waals surface area contributed by atoms with Crippen LogP contribution in [-0.4, -0.2) is 12.6 Å². The second-order valence-corrected chi connectivity index (χ2v) is 6.20. The third-order valence-electron chi connectivity index (χ3n) is 4.39. The Kier molecular flexibility index (Phi) is 4.14. The van der Waals surface area contributed by atoms with Gasteiger partial charge < -0.3 is 10.6 Å². The molecule has 3 heteroatoms. The number of nitrogens with zero attached hydrogens (tertiary/aromatic N) is 1. The fourth-order valence-corrected chi connectivity index (χ4v) is 3.18. The minimum absolute atomic E-state index is 0.148. The van der Waals surface area contributed by atoms with Gasteiger partial charge in [0.15, 0.2) is 0 Å². The molecule has 0 spiro atoms. The molecule has 2 rings (SSSR count). The van der Waals surface area contributed by atoms with Crippen LogP contribution in [0.2, 0.25) is 0 Å².